The monoisotopic (exact) mass is 833 g/mol. The maximum Gasteiger partial charge on any atom is 0.472 e. The minimum Gasteiger partial charge on any atom is -0.457 e. The molecule has 2 atom stereocenters. The van der Waals surface area contributed by atoms with E-state index in [1.54, 1.807) is 0 Å². The second-order valence-corrected chi connectivity index (χ2v) is 19.7. The van der Waals surface area contributed by atoms with E-state index < -0.39 is 13.9 Å². The smallest absolute Gasteiger partial charge is 0.457 e. The van der Waals surface area contributed by atoms with Crippen molar-refractivity contribution < 1.29 is 37.3 Å². The van der Waals surface area contributed by atoms with E-state index in [0.717, 1.165) is 32.1 Å². The number of carbonyl (C=O) groups excluding carboxylic acids is 1. The summed E-state index contributed by atoms with van der Waals surface area (Å²) in [4.78, 5) is 23.0. The van der Waals surface area contributed by atoms with Gasteiger partial charge in [0.2, 0.25) is 0 Å². The van der Waals surface area contributed by atoms with Crippen molar-refractivity contribution in [2.24, 2.45) is 0 Å². The van der Waals surface area contributed by atoms with Crippen molar-refractivity contribution in [3.05, 3.63) is 0 Å². The molecule has 0 aromatic rings. The van der Waals surface area contributed by atoms with Crippen LogP contribution in [0, 0.1) is 0 Å². The molecule has 0 aliphatic carbocycles. The predicted molar refractivity (Wildman–Crippen MR) is 243 cm³/mol. The van der Waals surface area contributed by atoms with Crippen LogP contribution >= 0.6 is 7.82 Å². The number of esters is 1. The van der Waals surface area contributed by atoms with Gasteiger partial charge in [-0.2, -0.15) is 0 Å². The van der Waals surface area contributed by atoms with E-state index in [0.29, 0.717) is 24.1 Å². The van der Waals surface area contributed by atoms with Crippen LogP contribution in [-0.2, 0) is 27.9 Å². The van der Waals surface area contributed by atoms with Crippen LogP contribution in [0.25, 0.3) is 0 Å². The van der Waals surface area contributed by atoms with E-state index in [-0.39, 0.29) is 25.8 Å². The molecule has 0 rings (SSSR count). The molecule has 0 bridgehead atoms. The fraction of sp³-hybridized carbons (Fsp3) is 0.979. The summed E-state index contributed by atoms with van der Waals surface area (Å²) in [6.45, 7) is 5.70. The van der Waals surface area contributed by atoms with Crippen LogP contribution in [0.1, 0.15) is 245 Å². The van der Waals surface area contributed by atoms with Gasteiger partial charge in [0.05, 0.1) is 34.4 Å². The SMILES string of the molecule is CCCCCCCCCCCCCCCCCCCCOCC(COP(=O)(O)OCC[N+](C)(C)C)OC(=O)CCCCCCCCCCCCCCCCCCC. The largest absolute Gasteiger partial charge is 0.472 e. The lowest BCUT2D eigenvalue weighted by atomic mass is 10.0. The molecular weight excluding hydrogens is 734 g/mol. The zero-order chi connectivity index (χ0) is 42.0. The maximum absolute atomic E-state index is 12.7. The molecule has 0 saturated carbocycles. The normalized spacial score (nSPS) is 13.6. The van der Waals surface area contributed by atoms with Gasteiger partial charge in [-0.05, 0) is 12.8 Å². The number of nitrogens with zero attached hydrogens (tertiary/aromatic N) is 1. The Hall–Kier alpha value is -0.500. The Bertz CT molecular complexity index is 883. The molecule has 2 unspecified atom stereocenters. The Morgan fingerprint density at radius 2 is 0.807 bits per heavy atom. The number of rotatable bonds is 47. The third-order valence-electron chi connectivity index (χ3n) is 11.2. The highest BCUT2D eigenvalue weighted by molar-refractivity contribution is 7.47. The summed E-state index contributed by atoms with van der Waals surface area (Å²) >= 11 is 0. The van der Waals surface area contributed by atoms with Gasteiger partial charge in [-0.25, -0.2) is 4.57 Å². The summed E-state index contributed by atoms with van der Waals surface area (Å²) in [7, 11) is 1.69. The zero-order valence-corrected chi connectivity index (χ0v) is 39.8. The summed E-state index contributed by atoms with van der Waals surface area (Å²) in [6.07, 6.45) is 45.6. The summed E-state index contributed by atoms with van der Waals surface area (Å²) in [5, 5.41) is 0. The van der Waals surface area contributed by atoms with Gasteiger partial charge >= 0.3 is 13.8 Å². The lowest BCUT2D eigenvalue weighted by Crippen LogP contribution is -2.37. The Morgan fingerprint density at radius 1 is 0.474 bits per heavy atom. The Morgan fingerprint density at radius 3 is 1.16 bits per heavy atom. The van der Waals surface area contributed by atoms with Crippen molar-refractivity contribution in [3.63, 3.8) is 0 Å². The molecule has 9 heteroatoms. The number of phosphoric acid groups is 1. The van der Waals surface area contributed by atoms with E-state index in [4.69, 9.17) is 18.5 Å². The molecule has 342 valence electrons. The van der Waals surface area contributed by atoms with Crippen molar-refractivity contribution in [3.8, 4) is 0 Å². The van der Waals surface area contributed by atoms with Crippen LogP contribution in [-0.4, -0.2) is 75.6 Å². The van der Waals surface area contributed by atoms with Gasteiger partial charge in [-0.15, -0.1) is 0 Å². The fourth-order valence-electron chi connectivity index (χ4n) is 7.32. The lowest BCUT2D eigenvalue weighted by Gasteiger charge is -2.24. The van der Waals surface area contributed by atoms with Crippen molar-refractivity contribution in [1.82, 2.24) is 0 Å². The van der Waals surface area contributed by atoms with Crippen LogP contribution in [0.3, 0.4) is 0 Å². The number of phosphoric ester groups is 1. The molecule has 57 heavy (non-hydrogen) atoms. The first kappa shape index (κ1) is 56.5. The molecule has 0 aliphatic heterocycles. The molecular formula is C48H99NO7P+. The number of carbonyl (C=O) groups is 1. The Labute approximate surface area is 355 Å². The van der Waals surface area contributed by atoms with Crippen molar-refractivity contribution in [1.29, 1.82) is 0 Å². The van der Waals surface area contributed by atoms with Gasteiger partial charge in [0.25, 0.3) is 0 Å². The number of ether oxygens (including phenoxy) is 2. The first-order valence-electron chi connectivity index (χ1n) is 24.8. The number of hydrogen-bond acceptors (Lipinski definition) is 6. The topological polar surface area (TPSA) is 91.3 Å². The summed E-state index contributed by atoms with van der Waals surface area (Å²) in [6, 6.07) is 0. The van der Waals surface area contributed by atoms with Gasteiger partial charge in [0, 0.05) is 13.0 Å². The third kappa shape index (κ3) is 46.4. The molecule has 0 radical (unpaired) electrons. The van der Waals surface area contributed by atoms with E-state index in [2.05, 4.69) is 13.8 Å². The second kappa shape index (κ2) is 42.2. The van der Waals surface area contributed by atoms with E-state index in [1.165, 1.54) is 193 Å². The van der Waals surface area contributed by atoms with Crippen LogP contribution in [0.4, 0.5) is 0 Å². The van der Waals surface area contributed by atoms with E-state index in [9.17, 15) is 14.3 Å². The molecule has 0 fully saturated rings. The number of likely N-dealkylation sites (N-methyl/N-ethyl adjacent to an activating group) is 1. The van der Waals surface area contributed by atoms with Crippen molar-refractivity contribution in [2.45, 2.75) is 251 Å². The summed E-state index contributed by atoms with van der Waals surface area (Å²) in [5.41, 5.74) is 0. The molecule has 0 saturated heterocycles. The van der Waals surface area contributed by atoms with Crippen molar-refractivity contribution in [2.75, 3.05) is 54.1 Å². The number of hydrogen-bond donors (Lipinski definition) is 1. The van der Waals surface area contributed by atoms with Crippen LogP contribution in [0.2, 0.25) is 0 Å². The Kier molecular flexibility index (Phi) is 41.8. The average Bonchev–Trinajstić information content (AvgIpc) is 3.16. The van der Waals surface area contributed by atoms with Gasteiger partial charge < -0.3 is 18.9 Å². The first-order valence-corrected chi connectivity index (χ1v) is 26.3. The summed E-state index contributed by atoms with van der Waals surface area (Å²) in [5.74, 6) is -0.306. The molecule has 0 amide bonds. The molecule has 1 N–H and O–H groups in total. The minimum atomic E-state index is -4.27. The predicted octanol–water partition coefficient (Wildman–Crippen LogP) is 14.8. The average molecular weight is 833 g/mol. The maximum atomic E-state index is 12.7. The van der Waals surface area contributed by atoms with Crippen LogP contribution < -0.4 is 0 Å². The second-order valence-electron chi connectivity index (χ2n) is 18.2. The molecule has 8 nitrogen and oxygen atoms in total. The molecule has 0 aromatic carbocycles. The first-order chi connectivity index (χ1) is 27.6. The fourth-order valence-corrected chi connectivity index (χ4v) is 8.06. The lowest BCUT2D eigenvalue weighted by molar-refractivity contribution is -0.870. The van der Waals surface area contributed by atoms with Crippen molar-refractivity contribution >= 4 is 13.8 Å². The van der Waals surface area contributed by atoms with Crippen LogP contribution in [0.5, 0.6) is 0 Å². The standard InChI is InChI=1S/C48H98NO7P/c1-6-8-10-12-14-16-18-20-22-24-26-28-30-32-34-36-38-40-43-53-45-47(46-55-57(51,52)54-44-42-49(3,4)5)56-48(50)41-39-37-35-33-31-29-27-25-23-21-19-17-15-13-11-9-7-2/h47H,6-46H2,1-5H3/p+1. The molecule has 0 aliphatic rings. The highest BCUT2D eigenvalue weighted by Gasteiger charge is 2.26. The number of unbranched alkanes of at least 4 members (excludes halogenated alkanes) is 33. The third-order valence-corrected chi connectivity index (χ3v) is 12.2. The van der Waals surface area contributed by atoms with E-state index in [1.807, 2.05) is 21.1 Å². The highest BCUT2D eigenvalue weighted by atomic mass is 31.2. The number of quaternary nitrogens is 1. The van der Waals surface area contributed by atoms with Crippen LogP contribution in [0.15, 0.2) is 0 Å². The Balaban J connectivity index is 4.11. The van der Waals surface area contributed by atoms with Gasteiger partial charge in [-0.3, -0.25) is 13.8 Å². The molecule has 0 aromatic heterocycles. The van der Waals surface area contributed by atoms with Gasteiger partial charge in [-0.1, -0.05) is 226 Å². The summed E-state index contributed by atoms with van der Waals surface area (Å²) < 4.78 is 35.1. The molecule has 0 spiro atoms. The van der Waals surface area contributed by atoms with Gasteiger partial charge in [0.1, 0.15) is 19.3 Å². The highest BCUT2D eigenvalue weighted by Crippen LogP contribution is 2.43. The van der Waals surface area contributed by atoms with Gasteiger partial charge in [0.15, 0.2) is 0 Å². The van der Waals surface area contributed by atoms with E-state index >= 15 is 0 Å². The molecule has 0 heterocycles. The quantitative estimate of drug-likeness (QED) is 0.0283. The minimum absolute atomic E-state index is 0.0941. The zero-order valence-electron chi connectivity index (χ0n) is 38.9.